The predicted octanol–water partition coefficient (Wildman–Crippen LogP) is 1.07. The quantitative estimate of drug-likeness (QED) is 0.563. The van der Waals surface area contributed by atoms with Crippen LogP contribution in [-0.2, 0) is 11.3 Å². The first-order valence-corrected chi connectivity index (χ1v) is 6.61. The van der Waals surface area contributed by atoms with Gasteiger partial charge in [-0.15, -0.1) is 0 Å². The number of piperidine rings is 1. The number of hydrogen-bond acceptors (Lipinski definition) is 4. The van der Waals surface area contributed by atoms with E-state index in [2.05, 4.69) is 10.2 Å². The van der Waals surface area contributed by atoms with Gasteiger partial charge in [0, 0.05) is 32.6 Å². The summed E-state index contributed by atoms with van der Waals surface area (Å²) < 4.78 is 0. The number of hydrogen-bond donors (Lipinski definition) is 3. The number of nitrogens with zero attached hydrogens (tertiary/aromatic N) is 1. The van der Waals surface area contributed by atoms with Crippen LogP contribution in [0.25, 0.3) is 0 Å². The Balaban J connectivity index is 1.85. The van der Waals surface area contributed by atoms with Crippen molar-refractivity contribution in [1.82, 2.24) is 10.2 Å². The number of nitrogens with two attached hydrogens (primary N) is 1. The molecule has 104 valence electrons. The van der Waals surface area contributed by atoms with E-state index in [1.54, 1.807) is 13.0 Å². The lowest BCUT2D eigenvalue weighted by atomic mass is 10.0. The number of carbonyl (C=O) groups is 1. The van der Waals surface area contributed by atoms with Gasteiger partial charge in [-0.1, -0.05) is 6.07 Å². The SMILES string of the molecule is CC(=O)NC1CCN(Cc2ccc(O)c(N)c2)CC1. The molecule has 0 aromatic heterocycles. The van der Waals surface area contributed by atoms with Crippen LogP contribution in [0.5, 0.6) is 5.75 Å². The van der Waals surface area contributed by atoms with Gasteiger partial charge in [-0.2, -0.15) is 0 Å². The van der Waals surface area contributed by atoms with Crippen LogP contribution >= 0.6 is 0 Å². The van der Waals surface area contributed by atoms with Gasteiger partial charge in [-0.3, -0.25) is 9.69 Å². The van der Waals surface area contributed by atoms with Crippen molar-refractivity contribution in [2.75, 3.05) is 18.8 Å². The fourth-order valence-corrected chi connectivity index (χ4v) is 2.48. The van der Waals surface area contributed by atoms with Crippen LogP contribution < -0.4 is 11.1 Å². The van der Waals surface area contributed by atoms with E-state index >= 15 is 0 Å². The molecule has 1 aliphatic rings. The summed E-state index contributed by atoms with van der Waals surface area (Å²) in [5, 5.41) is 12.4. The zero-order chi connectivity index (χ0) is 13.8. The molecule has 19 heavy (non-hydrogen) atoms. The second-order valence-corrected chi connectivity index (χ2v) is 5.14. The molecule has 1 heterocycles. The number of likely N-dealkylation sites (tertiary alicyclic amines) is 1. The maximum absolute atomic E-state index is 11.0. The number of carbonyl (C=O) groups excluding carboxylic acids is 1. The van der Waals surface area contributed by atoms with Crippen molar-refractivity contribution in [1.29, 1.82) is 0 Å². The summed E-state index contributed by atoms with van der Waals surface area (Å²) in [7, 11) is 0. The molecule has 1 amide bonds. The molecule has 5 nitrogen and oxygen atoms in total. The number of amides is 1. The van der Waals surface area contributed by atoms with Crippen LogP contribution in [0.3, 0.4) is 0 Å². The van der Waals surface area contributed by atoms with Crippen LogP contribution in [0.2, 0.25) is 0 Å². The first kappa shape index (κ1) is 13.7. The number of nitrogen functional groups attached to an aromatic ring is 1. The molecule has 2 rings (SSSR count). The molecule has 0 bridgehead atoms. The lowest BCUT2D eigenvalue weighted by Crippen LogP contribution is -2.43. The van der Waals surface area contributed by atoms with Crippen molar-refractivity contribution in [3.05, 3.63) is 23.8 Å². The number of aromatic hydroxyl groups is 1. The Hall–Kier alpha value is -1.75. The van der Waals surface area contributed by atoms with Gasteiger partial charge in [0.05, 0.1) is 5.69 Å². The summed E-state index contributed by atoms with van der Waals surface area (Å²) in [5.74, 6) is 0.179. The van der Waals surface area contributed by atoms with Gasteiger partial charge in [0.15, 0.2) is 0 Å². The highest BCUT2D eigenvalue weighted by Gasteiger charge is 2.19. The third kappa shape index (κ3) is 3.86. The molecule has 0 radical (unpaired) electrons. The van der Waals surface area contributed by atoms with Crippen LogP contribution in [0.1, 0.15) is 25.3 Å². The molecular formula is C14H21N3O2. The Kier molecular flexibility index (Phi) is 4.27. The molecule has 1 fully saturated rings. The number of phenols is 1. The number of phenolic OH excluding ortho intramolecular Hbond substituents is 1. The second kappa shape index (κ2) is 5.93. The molecule has 0 spiro atoms. The molecule has 1 saturated heterocycles. The zero-order valence-corrected chi connectivity index (χ0v) is 11.2. The van der Waals surface area contributed by atoms with Gasteiger partial charge in [0.2, 0.25) is 5.91 Å². The molecular weight excluding hydrogens is 242 g/mol. The molecule has 0 unspecified atom stereocenters. The summed E-state index contributed by atoms with van der Waals surface area (Å²) in [6.45, 7) is 4.32. The molecule has 1 aromatic carbocycles. The van der Waals surface area contributed by atoms with E-state index in [0.29, 0.717) is 11.7 Å². The van der Waals surface area contributed by atoms with E-state index < -0.39 is 0 Å². The Morgan fingerprint density at radius 2 is 2.16 bits per heavy atom. The van der Waals surface area contributed by atoms with Gasteiger partial charge in [-0.05, 0) is 30.5 Å². The van der Waals surface area contributed by atoms with Gasteiger partial charge < -0.3 is 16.2 Å². The topological polar surface area (TPSA) is 78.6 Å². The van der Waals surface area contributed by atoms with Crippen LogP contribution in [-0.4, -0.2) is 35.0 Å². The summed E-state index contributed by atoms with van der Waals surface area (Å²) in [5.41, 5.74) is 7.21. The Labute approximate surface area is 113 Å². The van der Waals surface area contributed by atoms with Gasteiger partial charge in [0.25, 0.3) is 0 Å². The molecule has 4 N–H and O–H groups in total. The Morgan fingerprint density at radius 1 is 1.47 bits per heavy atom. The molecule has 0 atom stereocenters. The van der Waals surface area contributed by atoms with Crippen molar-refractivity contribution in [2.45, 2.75) is 32.4 Å². The molecule has 0 aliphatic carbocycles. The summed E-state index contributed by atoms with van der Waals surface area (Å²) in [6.07, 6.45) is 1.96. The van der Waals surface area contributed by atoms with Crippen molar-refractivity contribution in [2.24, 2.45) is 0 Å². The zero-order valence-electron chi connectivity index (χ0n) is 11.2. The average Bonchev–Trinajstić information content (AvgIpc) is 2.36. The van der Waals surface area contributed by atoms with E-state index in [9.17, 15) is 9.90 Å². The van der Waals surface area contributed by atoms with Crippen LogP contribution in [0, 0.1) is 0 Å². The monoisotopic (exact) mass is 263 g/mol. The van der Waals surface area contributed by atoms with Gasteiger partial charge in [0.1, 0.15) is 5.75 Å². The van der Waals surface area contributed by atoms with E-state index in [1.165, 1.54) is 0 Å². The van der Waals surface area contributed by atoms with E-state index in [4.69, 9.17) is 5.73 Å². The second-order valence-electron chi connectivity index (χ2n) is 5.14. The molecule has 1 aromatic rings. The van der Waals surface area contributed by atoms with Crippen molar-refractivity contribution in [3.63, 3.8) is 0 Å². The standard InChI is InChI=1S/C14H21N3O2/c1-10(18)16-12-4-6-17(7-5-12)9-11-2-3-14(19)13(15)8-11/h2-3,8,12,19H,4-7,9,15H2,1H3,(H,16,18). The molecule has 1 aliphatic heterocycles. The Bertz CT molecular complexity index is 454. The van der Waals surface area contributed by atoms with Crippen molar-refractivity contribution >= 4 is 11.6 Å². The molecule has 0 saturated carbocycles. The summed E-state index contributed by atoms with van der Waals surface area (Å²) in [6, 6.07) is 5.65. The van der Waals surface area contributed by atoms with E-state index in [0.717, 1.165) is 38.0 Å². The Morgan fingerprint density at radius 3 is 2.74 bits per heavy atom. The highest BCUT2D eigenvalue weighted by atomic mass is 16.3. The van der Waals surface area contributed by atoms with Crippen LogP contribution in [0.15, 0.2) is 18.2 Å². The first-order chi connectivity index (χ1) is 9.04. The minimum absolute atomic E-state index is 0.0461. The number of benzene rings is 1. The van der Waals surface area contributed by atoms with E-state index in [-0.39, 0.29) is 11.7 Å². The van der Waals surface area contributed by atoms with E-state index in [1.807, 2.05) is 12.1 Å². The van der Waals surface area contributed by atoms with Gasteiger partial charge in [-0.25, -0.2) is 0 Å². The number of rotatable bonds is 3. The highest BCUT2D eigenvalue weighted by molar-refractivity contribution is 5.73. The minimum atomic E-state index is 0.0461. The minimum Gasteiger partial charge on any atom is -0.506 e. The largest absolute Gasteiger partial charge is 0.506 e. The molecule has 5 heteroatoms. The first-order valence-electron chi connectivity index (χ1n) is 6.61. The fraction of sp³-hybridized carbons (Fsp3) is 0.500. The number of anilines is 1. The third-order valence-electron chi connectivity index (χ3n) is 3.49. The normalized spacial score (nSPS) is 17.3. The fourth-order valence-electron chi connectivity index (χ4n) is 2.48. The van der Waals surface area contributed by atoms with Gasteiger partial charge >= 0.3 is 0 Å². The van der Waals surface area contributed by atoms with Crippen LogP contribution in [0.4, 0.5) is 5.69 Å². The number of nitrogens with one attached hydrogen (secondary N) is 1. The highest BCUT2D eigenvalue weighted by Crippen LogP contribution is 2.22. The predicted molar refractivity (Wildman–Crippen MR) is 74.6 cm³/mol. The van der Waals surface area contributed by atoms with Crippen molar-refractivity contribution < 1.29 is 9.90 Å². The maximum Gasteiger partial charge on any atom is 0.217 e. The smallest absolute Gasteiger partial charge is 0.217 e. The average molecular weight is 263 g/mol. The maximum atomic E-state index is 11.0. The third-order valence-corrected chi connectivity index (χ3v) is 3.49. The summed E-state index contributed by atoms with van der Waals surface area (Å²) >= 11 is 0. The van der Waals surface area contributed by atoms with Crippen molar-refractivity contribution in [3.8, 4) is 5.75 Å². The lowest BCUT2D eigenvalue weighted by molar-refractivity contribution is -0.119. The summed E-state index contributed by atoms with van der Waals surface area (Å²) in [4.78, 5) is 13.3. The lowest BCUT2D eigenvalue weighted by Gasteiger charge is -2.32.